The fraction of sp³-hybridized carbons (Fsp3) is 0.500. The molecule has 0 aromatic heterocycles. The molecule has 1 aliphatic rings. The highest BCUT2D eigenvalue weighted by Crippen LogP contribution is 2.33. The third kappa shape index (κ3) is 3.90. The van der Waals surface area contributed by atoms with E-state index in [9.17, 15) is 19.3 Å². The van der Waals surface area contributed by atoms with Gasteiger partial charge in [-0.2, -0.15) is 0 Å². The maximum atomic E-state index is 13.2. The van der Waals surface area contributed by atoms with Crippen LogP contribution in [0.25, 0.3) is 0 Å². The Hall–Kier alpha value is -2.18. The summed E-state index contributed by atoms with van der Waals surface area (Å²) in [7, 11) is 0. The molecule has 1 heterocycles. The fourth-order valence-corrected chi connectivity index (χ4v) is 2.76. The highest BCUT2D eigenvalue weighted by atomic mass is 19.1. The SMILES string of the molecule is O=C(O)CCC1CCCN(c2ccc(F)cc2[N+](=O)[O-])C1. The lowest BCUT2D eigenvalue weighted by Gasteiger charge is -2.34. The number of carboxylic acid groups (broad SMARTS) is 1. The molecule has 0 radical (unpaired) electrons. The van der Waals surface area contributed by atoms with E-state index in [1.54, 1.807) is 0 Å². The van der Waals surface area contributed by atoms with Crippen molar-refractivity contribution in [2.24, 2.45) is 5.92 Å². The first-order chi connectivity index (χ1) is 9.97. The lowest BCUT2D eigenvalue weighted by atomic mass is 9.93. The lowest BCUT2D eigenvalue weighted by molar-refractivity contribution is -0.384. The summed E-state index contributed by atoms with van der Waals surface area (Å²) < 4.78 is 13.2. The van der Waals surface area contributed by atoms with Gasteiger partial charge in [0.05, 0.1) is 11.0 Å². The zero-order valence-electron chi connectivity index (χ0n) is 11.5. The van der Waals surface area contributed by atoms with Crippen LogP contribution in [-0.4, -0.2) is 29.1 Å². The first-order valence-corrected chi connectivity index (χ1v) is 6.88. The lowest BCUT2D eigenvalue weighted by Crippen LogP contribution is -2.36. The molecule has 1 unspecified atom stereocenters. The quantitative estimate of drug-likeness (QED) is 0.667. The van der Waals surface area contributed by atoms with Crippen molar-refractivity contribution in [1.29, 1.82) is 0 Å². The van der Waals surface area contributed by atoms with Gasteiger partial charge in [0.15, 0.2) is 0 Å². The van der Waals surface area contributed by atoms with Crippen LogP contribution in [-0.2, 0) is 4.79 Å². The second kappa shape index (κ2) is 6.51. The first-order valence-electron chi connectivity index (χ1n) is 6.88. The summed E-state index contributed by atoms with van der Waals surface area (Å²) in [5.74, 6) is -1.27. The minimum Gasteiger partial charge on any atom is -0.481 e. The van der Waals surface area contributed by atoms with Crippen molar-refractivity contribution in [3.05, 3.63) is 34.1 Å². The number of rotatable bonds is 5. The number of aliphatic carboxylic acids is 1. The van der Waals surface area contributed by atoms with Gasteiger partial charge in [0.1, 0.15) is 11.5 Å². The van der Waals surface area contributed by atoms with Crippen LogP contribution in [0.1, 0.15) is 25.7 Å². The van der Waals surface area contributed by atoms with Crippen molar-refractivity contribution < 1.29 is 19.2 Å². The van der Waals surface area contributed by atoms with E-state index < -0.39 is 16.7 Å². The Balaban J connectivity index is 2.14. The number of nitro benzene ring substituents is 1. The minimum atomic E-state index is -0.833. The summed E-state index contributed by atoms with van der Waals surface area (Å²) >= 11 is 0. The number of benzene rings is 1. The molecule has 21 heavy (non-hydrogen) atoms. The Morgan fingerprint density at radius 2 is 2.29 bits per heavy atom. The van der Waals surface area contributed by atoms with E-state index in [1.807, 2.05) is 4.90 Å². The van der Waals surface area contributed by atoms with Gasteiger partial charge in [0.2, 0.25) is 0 Å². The van der Waals surface area contributed by atoms with E-state index in [4.69, 9.17) is 5.11 Å². The first kappa shape index (κ1) is 15.2. The average molecular weight is 296 g/mol. The van der Waals surface area contributed by atoms with E-state index in [1.165, 1.54) is 12.1 Å². The van der Waals surface area contributed by atoms with Crippen LogP contribution in [0.4, 0.5) is 15.8 Å². The molecule has 7 heteroatoms. The van der Waals surface area contributed by atoms with Gasteiger partial charge in [-0.15, -0.1) is 0 Å². The summed E-state index contributed by atoms with van der Waals surface area (Å²) in [4.78, 5) is 22.9. The van der Waals surface area contributed by atoms with Crippen molar-refractivity contribution in [2.45, 2.75) is 25.7 Å². The number of anilines is 1. The van der Waals surface area contributed by atoms with Crippen molar-refractivity contribution in [3.8, 4) is 0 Å². The van der Waals surface area contributed by atoms with Gasteiger partial charge < -0.3 is 10.0 Å². The van der Waals surface area contributed by atoms with E-state index in [0.717, 1.165) is 18.9 Å². The molecule has 1 aromatic carbocycles. The Morgan fingerprint density at radius 1 is 1.52 bits per heavy atom. The smallest absolute Gasteiger partial charge is 0.303 e. The van der Waals surface area contributed by atoms with Crippen molar-refractivity contribution in [1.82, 2.24) is 0 Å². The van der Waals surface area contributed by atoms with Crippen LogP contribution in [0.15, 0.2) is 18.2 Å². The topological polar surface area (TPSA) is 83.7 Å². The number of piperidine rings is 1. The Kier molecular flexibility index (Phi) is 4.72. The number of halogens is 1. The van der Waals surface area contributed by atoms with E-state index in [2.05, 4.69) is 0 Å². The molecule has 6 nitrogen and oxygen atoms in total. The van der Waals surface area contributed by atoms with E-state index >= 15 is 0 Å². The summed E-state index contributed by atoms with van der Waals surface area (Å²) in [6.45, 7) is 1.23. The molecule has 114 valence electrons. The Morgan fingerprint density at radius 3 is 2.95 bits per heavy atom. The number of nitrogens with zero attached hydrogens (tertiary/aromatic N) is 2. The molecule has 2 rings (SSSR count). The van der Waals surface area contributed by atoms with E-state index in [-0.39, 0.29) is 18.0 Å². The molecular formula is C14H17FN2O4. The van der Waals surface area contributed by atoms with Gasteiger partial charge >= 0.3 is 5.97 Å². The number of carbonyl (C=O) groups is 1. The molecule has 1 atom stereocenters. The fourth-order valence-electron chi connectivity index (χ4n) is 2.76. The average Bonchev–Trinajstić information content (AvgIpc) is 2.45. The number of carboxylic acids is 1. The molecule has 0 spiro atoms. The predicted octanol–water partition coefficient (Wildman–Crippen LogP) is 2.82. The Bertz CT molecular complexity index is 550. The molecular weight excluding hydrogens is 279 g/mol. The maximum Gasteiger partial charge on any atom is 0.303 e. The molecule has 0 saturated carbocycles. The van der Waals surface area contributed by atoms with Gasteiger partial charge in [0, 0.05) is 19.5 Å². The summed E-state index contributed by atoms with van der Waals surface area (Å²) in [5, 5.41) is 19.8. The monoisotopic (exact) mass is 296 g/mol. The summed E-state index contributed by atoms with van der Waals surface area (Å²) in [6, 6.07) is 3.56. The van der Waals surface area contributed by atoms with Crippen LogP contribution in [0.5, 0.6) is 0 Å². The van der Waals surface area contributed by atoms with Gasteiger partial charge in [-0.05, 0) is 37.3 Å². The van der Waals surface area contributed by atoms with Crippen LogP contribution >= 0.6 is 0 Å². The molecule has 1 fully saturated rings. The molecule has 1 aromatic rings. The van der Waals surface area contributed by atoms with Gasteiger partial charge in [0.25, 0.3) is 5.69 Å². The van der Waals surface area contributed by atoms with Crippen molar-refractivity contribution in [2.75, 3.05) is 18.0 Å². The Labute approximate surface area is 121 Å². The predicted molar refractivity (Wildman–Crippen MR) is 74.9 cm³/mol. The molecule has 0 amide bonds. The highest BCUT2D eigenvalue weighted by molar-refractivity contribution is 5.66. The van der Waals surface area contributed by atoms with Crippen LogP contribution in [0, 0.1) is 21.8 Å². The number of hydrogen-bond acceptors (Lipinski definition) is 4. The molecule has 1 saturated heterocycles. The molecule has 0 bridgehead atoms. The zero-order chi connectivity index (χ0) is 15.4. The van der Waals surface area contributed by atoms with Crippen molar-refractivity contribution in [3.63, 3.8) is 0 Å². The van der Waals surface area contributed by atoms with Gasteiger partial charge in [-0.1, -0.05) is 0 Å². The van der Waals surface area contributed by atoms with Gasteiger partial charge in [-0.3, -0.25) is 14.9 Å². The van der Waals surface area contributed by atoms with Gasteiger partial charge in [-0.25, -0.2) is 4.39 Å². The van der Waals surface area contributed by atoms with E-state index in [0.29, 0.717) is 25.2 Å². The summed E-state index contributed by atoms with van der Waals surface area (Å²) in [5.41, 5.74) is 0.162. The zero-order valence-corrected chi connectivity index (χ0v) is 11.5. The minimum absolute atomic E-state index is 0.101. The second-order valence-corrected chi connectivity index (χ2v) is 5.28. The highest BCUT2D eigenvalue weighted by Gasteiger charge is 2.26. The standard InChI is InChI=1S/C14H17FN2O4/c15-11-4-5-12(13(8-11)17(20)21)16-7-1-2-10(9-16)3-6-14(18)19/h4-5,8,10H,1-3,6-7,9H2,(H,18,19). The molecule has 1 N–H and O–H groups in total. The molecule has 0 aliphatic carbocycles. The number of nitro groups is 1. The van der Waals surface area contributed by atoms with Crippen LogP contribution in [0.2, 0.25) is 0 Å². The third-order valence-corrected chi connectivity index (χ3v) is 3.76. The largest absolute Gasteiger partial charge is 0.481 e. The number of hydrogen-bond donors (Lipinski definition) is 1. The molecule has 1 aliphatic heterocycles. The van der Waals surface area contributed by atoms with Crippen LogP contribution < -0.4 is 4.90 Å². The second-order valence-electron chi connectivity index (χ2n) is 5.28. The third-order valence-electron chi connectivity index (χ3n) is 3.76. The summed E-state index contributed by atoms with van der Waals surface area (Å²) in [6.07, 6.45) is 2.42. The van der Waals surface area contributed by atoms with Crippen LogP contribution in [0.3, 0.4) is 0 Å². The normalized spacial score (nSPS) is 18.5. The van der Waals surface area contributed by atoms with Crippen molar-refractivity contribution >= 4 is 17.3 Å². The maximum absolute atomic E-state index is 13.2.